The highest BCUT2D eigenvalue weighted by atomic mass is 16.8. The number of imide groups is 1. The average molecular weight is 308 g/mol. The normalized spacial score (nSPS) is 20.4. The number of benzene rings is 2. The first kappa shape index (κ1) is 13.7. The van der Waals surface area contributed by atoms with Gasteiger partial charge in [0.05, 0.1) is 6.54 Å². The molecule has 0 radical (unpaired) electrons. The van der Waals surface area contributed by atoms with Crippen LogP contribution in [0.4, 0.5) is 0 Å². The van der Waals surface area contributed by atoms with Crippen LogP contribution in [0.1, 0.15) is 20.7 Å². The van der Waals surface area contributed by atoms with Crippen LogP contribution in [0, 0.1) is 0 Å². The Morgan fingerprint density at radius 1 is 1.04 bits per heavy atom. The van der Waals surface area contributed by atoms with Gasteiger partial charge in [-0.1, -0.05) is 30.3 Å². The molecule has 114 valence electrons. The van der Waals surface area contributed by atoms with Crippen molar-refractivity contribution >= 4 is 28.6 Å². The van der Waals surface area contributed by atoms with E-state index in [1.54, 1.807) is 24.3 Å². The number of carbonyl (C=O) groups is 3. The molecule has 1 fully saturated rings. The monoisotopic (exact) mass is 308 g/mol. The van der Waals surface area contributed by atoms with Gasteiger partial charge < -0.3 is 4.84 Å². The lowest BCUT2D eigenvalue weighted by Crippen LogP contribution is -2.66. The van der Waals surface area contributed by atoms with E-state index in [2.05, 4.69) is 6.58 Å². The van der Waals surface area contributed by atoms with Crippen LogP contribution in [0.3, 0.4) is 0 Å². The summed E-state index contributed by atoms with van der Waals surface area (Å²) in [6, 6.07) is 10.5. The van der Waals surface area contributed by atoms with Crippen molar-refractivity contribution in [1.82, 2.24) is 9.96 Å². The van der Waals surface area contributed by atoms with Crippen molar-refractivity contribution in [3.8, 4) is 0 Å². The van der Waals surface area contributed by atoms with E-state index in [9.17, 15) is 14.4 Å². The van der Waals surface area contributed by atoms with Crippen LogP contribution in [0.5, 0.6) is 0 Å². The smallest absolute Gasteiger partial charge is 0.362 e. The number of amides is 2. The zero-order valence-corrected chi connectivity index (χ0v) is 12.1. The van der Waals surface area contributed by atoms with Crippen molar-refractivity contribution in [2.75, 3.05) is 6.54 Å². The summed E-state index contributed by atoms with van der Waals surface area (Å²) in [6.45, 7) is 3.81. The molecule has 1 unspecified atom stereocenters. The lowest BCUT2D eigenvalue weighted by atomic mass is 9.93. The summed E-state index contributed by atoms with van der Waals surface area (Å²) in [5.74, 6) is -1.61. The third kappa shape index (κ3) is 1.75. The Kier molecular flexibility index (Phi) is 2.82. The van der Waals surface area contributed by atoms with Crippen LogP contribution < -0.4 is 0 Å². The van der Waals surface area contributed by atoms with Gasteiger partial charge in [-0.05, 0) is 17.5 Å². The van der Waals surface area contributed by atoms with Crippen LogP contribution in [-0.2, 0) is 9.63 Å². The molecular weight excluding hydrogens is 296 g/mol. The zero-order chi connectivity index (χ0) is 16.1. The first-order chi connectivity index (χ1) is 11.1. The van der Waals surface area contributed by atoms with Crippen molar-refractivity contribution in [2.45, 2.75) is 6.17 Å². The maximum absolute atomic E-state index is 12.8. The summed E-state index contributed by atoms with van der Waals surface area (Å²) < 4.78 is 0. The van der Waals surface area contributed by atoms with Gasteiger partial charge >= 0.3 is 5.97 Å². The molecule has 0 aliphatic carbocycles. The molecule has 0 N–H and O–H groups in total. The molecule has 2 aromatic rings. The number of hydrogen-bond donors (Lipinski definition) is 0. The molecular formula is C17H12N2O4. The second kappa shape index (κ2) is 4.76. The number of rotatable bonds is 3. The van der Waals surface area contributed by atoms with Crippen molar-refractivity contribution < 1.29 is 19.2 Å². The van der Waals surface area contributed by atoms with Gasteiger partial charge in [-0.3, -0.25) is 9.59 Å². The van der Waals surface area contributed by atoms with Gasteiger partial charge in [0.25, 0.3) is 11.8 Å². The molecule has 0 bridgehead atoms. The highest BCUT2D eigenvalue weighted by Gasteiger charge is 2.51. The van der Waals surface area contributed by atoms with E-state index in [4.69, 9.17) is 4.84 Å². The Morgan fingerprint density at radius 2 is 1.65 bits per heavy atom. The number of carbonyl (C=O) groups excluding carboxylic acids is 3. The summed E-state index contributed by atoms with van der Waals surface area (Å²) in [7, 11) is 0. The maximum Gasteiger partial charge on any atom is 0.366 e. The molecule has 1 atom stereocenters. The van der Waals surface area contributed by atoms with E-state index in [1.165, 1.54) is 11.1 Å². The first-order valence-electron chi connectivity index (χ1n) is 7.12. The molecule has 0 spiro atoms. The number of hydroxylamine groups is 2. The fourth-order valence-corrected chi connectivity index (χ4v) is 3.05. The Morgan fingerprint density at radius 3 is 2.17 bits per heavy atom. The lowest BCUT2D eigenvalue weighted by molar-refractivity contribution is -0.270. The minimum absolute atomic E-state index is 0.235. The van der Waals surface area contributed by atoms with Crippen LogP contribution in [-0.4, -0.2) is 40.5 Å². The minimum atomic E-state index is -1.04. The van der Waals surface area contributed by atoms with Gasteiger partial charge in [-0.25, -0.2) is 9.69 Å². The molecule has 6 nitrogen and oxygen atoms in total. The largest absolute Gasteiger partial charge is 0.366 e. The Balaban J connectivity index is 1.86. The van der Waals surface area contributed by atoms with Crippen LogP contribution in [0.2, 0.25) is 0 Å². The Hall–Kier alpha value is -2.99. The topological polar surface area (TPSA) is 66.9 Å². The van der Waals surface area contributed by atoms with Gasteiger partial charge in [-0.15, -0.1) is 11.6 Å². The van der Waals surface area contributed by atoms with Crippen LogP contribution in [0.15, 0.2) is 49.1 Å². The van der Waals surface area contributed by atoms with Gasteiger partial charge in [0.1, 0.15) is 0 Å². The van der Waals surface area contributed by atoms with Crippen LogP contribution in [0.25, 0.3) is 10.8 Å². The molecule has 2 aromatic carbocycles. The standard InChI is InChI=1S/C17H12N2O4/c1-2-9-18-14(17(22)23-18)19-15(20)11-7-3-5-10-6-4-8-12(13(10)11)16(19)21/h2-8,14H,1,9H2. The molecule has 2 heterocycles. The minimum Gasteiger partial charge on any atom is -0.362 e. The summed E-state index contributed by atoms with van der Waals surface area (Å²) in [6.07, 6.45) is 0.490. The molecule has 2 aliphatic rings. The highest BCUT2D eigenvalue weighted by molar-refractivity contribution is 6.26. The van der Waals surface area contributed by atoms with Gasteiger partial charge in [0, 0.05) is 16.5 Å². The molecule has 23 heavy (non-hydrogen) atoms. The molecule has 6 heteroatoms. The van der Waals surface area contributed by atoms with E-state index in [0.29, 0.717) is 16.5 Å². The first-order valence-corrected chi connectivity index (χ1v) is 7.12. The van der Waals surface area contributed by atoms with Gasteiger partial charge in [0.15, 0.2) is 0 Å². The maximum atomic E-state index is 12.8. The molecule has 0 aromatic heterocycles. The second-order valence-electron chi connectivity index (χ2n) is 5.36. The van der Waals surface area contributed by atoms with E-state index in [1.807, 2.05) is 12.1 Å². The summed E-state index contributed by atoms with van der Waals surface area (Å²) in [4.78, 5) is 43.2. The quantitative estimate of drug-likeness (QED) is 0.638. The Bertz CT molecular complexity index is 837. The third-order valence-corrected chi connectivity index (χ3v) is 4.05. The van der Waals surface area contributed by atoms with Crippen molar-refractivity contribution in [3.05, 3.63) is 60.2 Å². The molecule has 2 amide bonds. The van der Waals surface area contributed by atoms with Gasteiger partial charge in [0.2, 0.25) is 6.17 Å². The third-order valence-electron chi connectivity index (χ3n) is 4.05. The summed E-state index contributed by atoms with van der Waals surface area (Å²) >= 11 is 0. The number of hydrogen-bond acceptors (Lipinski definition) is 5. The summed E-state index contributed by atoms with van der Waals surface area (Å²) in [5.41, 5.74) is 0.826. The fraction of sp³-hybridized carbons (Fsp3) is 0.118. The predicted molar refractivity (Wildman–Crippen MR) is 81.2 cm³/mol. The van der Waals surface area contributed by atoms with Crippen LogP contribution >= 0.6 is 0 Å². The molecule has 0 saturated carbocycles. The fourth-order valence-electron chi connectivity index (χ4n) is 3.05. The van der Waals surface area contributed by atoms with Crippen molar-refractivity contribution in [1.29, 1.82) is 0 Å². The van der Waals surface area contributed by atoms with E-state index in [0.717, 1.165) is 10.3 Å². The lowest BCUT2D eigenvalue weighted by Gasteiger charge is -2.43. The average Bonchev–Trinajstić information content (AvgIpc) is 2.56. The van der Waals surface area contributed by atoms with E-state index in [-0.39, 0.29) is 6.54 Å². The van der Waals surface area contributed by atoms with Gasteiger partial charge in [-0.2, -0.15) is 0 Å². The van der Waals surface area contributed by atoms with E-state index < -0.39 is 23.9 Å². The Labute approximate surface area is 131 Å². The van der Waals surface area contributed by atoms with E-state index >= 15 is 0 Å². The SMILES string of the molecule is C=CCN1OC(=O)C1N1C(=O)c2cccc3cccc(c23)C1=O. The van der Waals surface area contributed by atoms with Crippen molar-refractivity contribution in [2.24, 2.45) is 0 Å². The molecule has 4 rings (SSSR count). The number of nitrogens with zero attached hydrogens (tertiary/aromatic N) is 2. The summed E-state index contributed by atoms with van der Waals surface area (Å²) in [5, 5.41) is 2.71. The second-order valence-corrected chi connectivity index (χ2v) is 5.36. The highest BCUT2D eigenvalue weighted by Crippen LogP contribution is 2.33. The molecule has 1 saturated heterocycles. The molecule has 2 aliphatic heterocycles. The predicted octanol–water partition coefficient (Wildman–Crippen LogP) is 1.72. The van der Waals surface area contributed by atoms with Crippen molar-refractivity contribution in [3.63, 3.8) is 0 Å². The zero-order valence-electron chi connectivity index (χ0n) is 12.1.